The molecule has 0 radical (unpaired) electrons. The van der Waals surface area contributed by atoms with Crippen LogP contribution in [0.25, 0.3) is 10.1 Å². The fourth-order valence-corrected chi connectivity index (χ4v) is 9.67. The van der Waals surface area contributed by atoms with Crippen LogP contribution in [0.1, 0.15) is 111 Å². The average molecular weight is 715 g/mol. The van der Waals surface area contributed by atoms with Gasteiger partial charge >= 0.3 is 0 Å². The number of nitrogens with zero attached hydrogens (tertiary/aromatic N) is 2. The maximum atomic E-state index is 2.61. The lowest BCUT2D eigenvalue weighted by Crippen LogP contribution is -2.60. The van der Waals surface area contributed by atoms with E-state index in [1.807, 2.05) is 11.3 Å². The maximum absolute atomic E-state index is 2.61. The summed E-state index contributed by atoms with van der Waals surface area (Å²) >= 11 is 1.98. The van der Waals surface area contributed by atoms with Gasteiger partial charge in [-0.05, 0) is 116 Å². The number of aryl methyl sites for hydroxylation is 1. The fraction of sp³-hybridized carbons (Fsp3) is 0.347. The average Bonchev–Trinajstić information content (AvgIpc) is 3.44. The molecule has 1 aromatic heterocycles. The van der Waals surface area contributed by atoms with E-state index in [-0.39, 0.29) is 28.4 Å². The van der Waals surface area contributed by atoms with E-state index in [0.29, 0.717) is 0 Å². The van der Waals surface area contributed by atoms with Crippen LogP contribution < -0.4 is 25.5 Å². The topological polar surface area (TPSA) is 6.48 Å². The molecule has 6 aromatic rings. The van der Waals surface area contributed by atoms with E-state index in [0.717, 1.165) is 0 Å². The van der Waals surface area contributed by atoms with E-state index in [1.54, 1.807) is 0 Å². The summed E-state index contributed by atoms with van der Waals surface area (Å²) in [5, 5.41) is 1.33. The van der Waals surface area contributed by atoms with Crippen molar-refractivity contribution in [2.45, 2.75) is 112 Å². The zero-order valence-corrected chi connectivity index (χ0v) is 34.9. The molecular weight excluding hydrogens is 659 g/mol. The van der Waals surface area contributed by atoms with E-state index in [9.17, 15) is 0 Å². The van der Waals surface area contributed by atoms with Gasteiger partial charge in [0.2, 0.25) is 0 Å². The molecule has 0 atom stereocenters. The van der Waals surface area contributed by atoms with Crippen molar-refractivity contribution < 1.29 is 0 Å². The minimum absolute atomic E-state index is 0.00946. The van der Waals surface area contributed by atoms with Gasteiger partial charge < -0.3 is 9.80 Å². The lowest BCUT2D eigenvalue weighted by atomic mass is 9.36. The molecule has 0 N–H and O–H groups in total. The molecule has 4 heteroatoms. The van der Waals surface area contributed by atoms with Crippen LogP contribution in [0.4, 0.5) is 34.1 Å². The van der Waals surface area contributed by atoms with E-state index in [1.165, 1.54) is 87.7 Å². The number of anilines is 6. The summed E-state index contributed by atoms with van der Waals surface area (Å²) < 4.78 is 2.78. The van der Waals surface area contributed by atoms with Crippen molar-refractivity contribution >= 4 is 78.0 Å². The van der Waals surface area contributed by atoms with Crippen LogP contribution in [0.2, 0.25) is 0 Å². The lowest BCUT2D eigenvalue weighted by molar-refractivity contribution is 0.589. The Labute approximate surface area is 323 Å². The van der Waals surface area contributed by atoms with Gasteiger partial charge in [0, 0.05) is 43.3 Å². The van der Waals surface area contributed by atoms with Crippen molar-refractivity contribution in [3.05, 3.63) is 125 Å². The van der Waals surface area contributed by atoms with Crippen LogP contribution >= 0.6 is 11.3 Å². The van der Waals surface area contributed by atoms with Gasteiger partial charge in [-0.1, -0.05) is 132 Å². The first-order valence-corrected chi connectivity index (χ1v) is 20.2. The number of fused-ring (bicyclic) bond motifs is 6. The van der Waals surface area contributed by atoms with Crippen molar-refractivity contribution in [3.8, 4) is 0 Å². The molecule has 0 saturated heterocycles. The number of hydrogen-bond acceptors (Lipinski definition) is 3. The molecule has 0 amide bonds. The van der Waals surface area contributed by atoms with E-state index >= 15 is 0 Å². The molecule has 5 aromatic carbocycles. The van der Waals surface area contributed by atoms with Crippen LogP contribution in [0.3, 0.4) is 0 Å². The smallest absolute Gasteiger partial charge is 0.264 e. The highest BCUT2D eigenvalue weighted by atomic mass is 32.1. The molecule has 0 aliphatic carbocycles. The van der Waals surface area contributed by atoms with Gasteiger partial charge in [-0.15, -0.1) is 11.3 Å². The van der Waals surface area contributed by atoms with Gasteiger partial charge in [-0.3, -0.25) is 0 Å². The second-order valence-electron chi connectivity index (χ2n) is 19.7. The molecule has 2 aliphatic heterocycles. The minimum Gasteiger partial charge on any atom is -0.311 e. The third-order valence-corrected chi connectivity index (χ3v) is 12.7. The Morgan fingerprint density at radius 3 is 1.68 bits per heavy atom. The summed E-state index contributed by atoms with van der Waals surface area (Å²) in [5.74, 6) is 0. The number of thiophene rings is 1. The highest BCUT2D eigenvalue weighted by Crippen LogP contribution is 2.50. The predicted octanol–water partition coefficient (Wildman–Crippen LogP) is 12.5. The Morgan fingerprint density at radius 1 is 0.491 bits per heavy atom. The van der Waals surface area contributed by atoms with Crippen molar-refractivity contribution in [3.63, 3.8) is 0 Å². The van der Waals surface area contributed by atoms with Crippen LogP contribution in [0.5, 0.6) is 0 Å². The highest BCUT2D eigenvalue weighted by Gasteiger charge is 2.46. The number of hydrogen-bond donors (Lipinski definition) is 0. The maximum Gasteiger partial charge on any atom is 0.264 e. The normalized spacial score (nSPS) is 14.4. The van der Waals surface area contributed by atoms with Crippen LogP contribution in [0.15, 0.2) is 97.1 Å². The summed E-state index contributed by atoms with van der Waals surface area (Å²) in [6.45, 7) is 30.3. The van der Waals surface area contributed by atoms with E-state index < -0.39 is 0 Å². The summed E-state index contributed by atoms with van der Waals surface area (Å²) in [5.41, 5.74) is 17.1. The monoisotopic (exact) mass is 714 g/mol. The van der Waals surface area contributed by atoms with Crippen LogP contribution in [-0.2, 0) is 21.7 Å². The molecule has 2 nitrogen and oxygen atoms in total. The number of benzene rings is 5. The SMILES string of the molecule is Cc1ccc2c3c(sc2c1)B1c2ccc(C(C)(C)C)cc2N(c2cccc(C(C)(C)C)c2)c2cc(C(C)(C)C)cc(c21)N3c1ccc(C(C)(C)C)cc1. The van der Waals surface area contributed by atoms with Crippen LogP contribution in [-0.4, -0.2) is 6.71 Å². The van der Waals surface area contributed by atoms with E-state index in [2.05, 4.69) is 197 Å². The highest BCUT2D eigenvalue weighted by molar-refractivity contribution is 7.33. The summed E-state index contributed by atoms with van der Waals surface area (Å²) in [7, 11) is 0. The molecule has 2 aliphatic rings. The summed E-state index contributed by atoms with van der Waals surface area (Å²) in [4.78, 5) is 5.21. The Morgan fingerprint density at radius 2 is 1.06 bits per heavy atom. The zero-order valence-electron chi connectivity index (χ0n) is 34.1. The molecular formula is C49H55BN2S. The molecule has 0 unspecified atom stereocenters. The molecule has 0 bridgehead atoms. The predicted molar refractivity (Wildman–Crippen MR) is 235 cm³/mol. The lowest BCUT2D eigenvalue weighted by Gasteiger charge is -2.44. The second kappa shape index (κ2) is 11.9. The summed E-state index contributed by atoms with van der Waals surface area (Å²) in [6, 6.07) is 38.1. The Kier molecular flexibility index (Phi) is 8.00. The van der Waals surface area contributed by atoms with Crippen LogP contribution in [0, 0.1) is 6.92 Å². The Hall–Kier alpha value is -4.28. The number of rotatable bonds is 2. The molecule has 0 fully saturated rings. The Balaban J connectivity index is 1.52. The first-order valence-electron chi connectivity index (χ1n) is 19.4. The van der Waals surface area contributed by atoms with E-state index in [4.69, 9.17) is 0 Å². The molecule has 0 saturated carbocycles. The van der Waals surface area contributed by atoms with Crippen molar-refractivity contribution in [2.75, 3.05) is 9.80 Å². The minimum atomic E-state index is -0.0661. The zero-order chi connectivity index (χ0) is 38.0. The van der Waals surface area contributed by atoms with Crippen molar-refractivity contribution in [1.82, 2.24) is 0 Å². The first-order chi connectivity index (χ1) is 24.7. The van der Waals surface area contributed by atoms with Gasteiger partial charge in [-0.2, -0.15) is 0 Å². The third kappa shape index (κ3) is 5.93. The second-order valence-corrected chi connectivity index (χ2v) is 20.8. The van der Waals surface area contributed by atoms with Gasteiger partial charge in [0.05, 0.1) is 5.69 Å². The standard InChI is InChI=1S/C49H55BN2S/c1-30-17-23-37-42(25-30)53-45-44(37)52(35-21-18-31(19-22-35)46(2,3)4)41-29-34(49(11,12)13)28-40-43(41)50(45)38-24-20-33(48(8,9)10)27-39(38)51(40)36-16-14-15-32(26-36)47(5,6)7/h14-29H,1-13H3. The van der Waals surface area contributed by atoms with Gasteiger partial charge in [0.25, 0.3) is 6.71 Å². The Bertz CT molecular complexity index is 2400. The first kappa shape index (κ1) is 35.7. The molecule has 3 heterocycles. The third-order valence-electron chi connectivity index (χ3n) is 11.5. The molecule has 0 spiro atoms. The molecule has 8 rings (SSSR count). The summed E-state index contributed by atoms with van der Waals surface area (Å²) in [6.07, 6.45) is 0. The van der Waals surface area contributed by atoms with Gasteiger partial charge in [0.1, 0.15) is 0 Å². The van der Waals surface area contributed by atoms with Gasteiger partial charge in [-0.25, -0.2) is 0 Å². The van der Waals surface area contributed by atoms with Crippen molar-refractivity contribution in [1.29, 1.82) is 0 Å². The molecule has 270 valence electrons. The largest absolute Gasteiger partial charge is 0.311 e. The van der Waals surface area contributed by atoms with Crippen molar-refractivity contribution in [2.24, 2.45) is 0 Å². The molecule has 53 heavy (non-hydrogen) atoms. The quantitative estimate of drug-likeness (QED) is 0.165. The van der Waals surface area contributed by atoms with Gasteiger partial charge in [0.15, 0.2) is 0 Å². The fourth-order valence-electron chi connectivity index (χ4n) is 8.25.